The molecule has 1 aromatic carbocycles. The number of halogens is 1. The molecule has 0 saturated carbocycles. The van der Waals surface area contributed by atoms with Gasteiger partial charge < -0.3 is 5.11 Å². The molecule has 1 aliphatic heterocycles. The highest BCUT2D eigenvalue weighted by molar-refractivity contribution is 5.87. The highest BCUT2D eigenvalue weighted by Gasteiger charge is 2.52. The number of amides is 1. The van der Waals surface area contributed by atoms with Gasteiger partial charge in [-0.2, -0.15) is 0 Å². The molecule has 2 rings (SSSR count). The van der Waals surface area contributed by atoms with Crippen LogP contribution in [0.5, 0.6) is 0 Å². The van der Waals surface area contributed by atoms with Crippen molar-refractivity contribution < 1.29 is 19.5 Å². The zero-order valence-corrected chi connectivity index (χ0v) is 16.8. The Morgan fingerprint density at radius 2 is 1.93 bits per heavy atom. The van der Waals surface area contributed by atoms with Crippen molar-refractivity contribution in [2.24, 2.45) is 10.4 Å². The first-order valence-corrected chi connectivity index (χ1v) is 9.32. The lowest BCUT2D eigenvalue weighted by Gasteiger charge is -2.42. The Morgan fingerprint density at radius 3 is 2.48 bits per heavy atom. The molecule has 0 radical (unpaired) electrons. The fraction of sp³-hybridized carbons (Fsp3) is 0.391. The van der Waals surface area contributed by atoms with Crippen LogP contribution >= 0.6 is 0 Å². The Balaban J connectivity index is 2.06. The van der Waals surface area contributed by atoms with Gasteiger partial charge in [-0.05, 0) is 69.2 Å². The summed E-state index contributed by atoms with van der Waals surface area (Å²) in [6.07, 6.45) is 2.54. The van der Waals surface area contributed by atoms with E-state index in [9.17, 15) is 14.3 Å². The Kier molecular flexibility index (Phi) is 7.34. The zero-order chi connectivity index (χ0) is 21.5. The molecule has 3 N–H and O–H groups in total. The number of hydroxylamine groups is 1. The summed E-state index contributed by atoms with van der Waals surface area (Å²) in [7, 11) is 0. The van der Waals surface area contributed by atoms with E-state index in [1.807, 2.05) is 30.3 Å². The molecule has 0 spiro atoms. The third-order valence-electron chi connectivity index (χ3n) is 5.49. The number of aliphatic imine (C=N–C) groups is 1. The summed E-state index contributed by atoms with van der Waals surface area (Å²) < 4.78 is 13.9. The van der Waals surface area contributed by atoms with E-state index in [-0.39, 0.29) is 6.42 Å². The van der Waals surface area contributed by atoms with Crippen LogP contribution in [0.3, 0.4) is 0 Å². The number of nitrogens with zero attached hydrogens (tertiary/aromatic N) is 1. The van der Waals surface area contributed by atoms with Crippen molar-refractivity contribution in [3.8, 4) is 23.7 Å². The third kappa shape index (κ3) is 5.32. The van der Waals surface area contributed by atoms with E-state index >= 15 is 0 Å². The molecule has 1 aromatic rings. The van der Waals surface area contributed by atoms with Crippen LogP contribution in [0.4, 0.5) is 4.39 Å². The minimum Gasteiger partial charge on any atom is -0.386 e. The summed E-state index contributed by atoms with van der Waals surface area (Å²) in [5.74, 6) is 10.6. The van der Waals surface area contributed by atoms with Crippen LogP contribution in [-0.2, 0) is 11.2 Å². The first-order valence-electron chi connectivity index (χ1n) is 9.32. The number of alkyl halides is 1. The smallest absolute Gasteiger partial charge is 0.252 e. The van der Waals surface area contributed by atoms with Crippen LogP contribution in [0.25, 0.3) is 0 Å². The van der Waals surface area contributed by atoms with Crippen molar-refractivity contribution in [2.75, 3.05) is 6.54 Å². The van der Waals surface area contributed by atoms with Gasteiger partial charge in [0.1, 0.15) is 11.8 Å². The number of rotatable bonds is 6. The highest BCUT2D eigenvalue weighted by Crippen LogP contribution is 2.39. The van der Waals surface area contributed by atoms with Gasteiger partial charge in [0.15, 0.2) is 0 Å². The lowest BCUT2D eigenvalue weighted by atomic mass is 9.68. The number of aliphatic hydroxyl groups is 1. The van der Waals surface area contributed by atoms with Crippen molar-refractivity contribution in [3.63, 3.8) is 0 Å². The van der Waals surface area contributed by atoms with Gasteiger partial charge in [-0.15, -0.1) is 0 Å². The zero-order valence-electron chi connectivity index (χ0n) is 16.8. The molecule has 1 aliphatic rings. The third-order valence-corrected chi connectivity index (χ3v) is 5.49. The van der Waals surface area contributed by atoms with Crippen LogP contribution in [0.2, 0.25) is 0 Å². The van der Waals surface area contributed by atoms with Crippen molar-refractivity contribution >= 4 is 12.1 Å². The monoisotopic (exact) mass is 396 g/mol. The van der Waals surface area contributed by atoms with Crippen molar-refractivity contribution in [3.05, 3.63) is 47.0 Å². The van der Waals surface area contributed by atoms with Gasteiger partial charge in [0.05, 0.1) is 12.0 Å². The van der Waals surface area contributed by atoms with E-state index in [4.69, 9.17) is 5.21 Å². The van der Waals surface area contributed by atoms with Gasteiger partial charge in [0, 0.05) is 17.4 Å². The molecule has 3 atom stereocenters. The lowest BCUT2D eigenvalue weighted by Crippen LogP contribution is -2.57. The summed E-state index contributed by atoms with van der Waals surface area (Å²) in [6.45, 7) is 4.56. The number of carbonyl (C=O) groups is 1. The fourth-order valence-electron chi connectivity index (χ4n) is 2.95. The molecule has 0 fully saturated rings. The van der Waals surface area contributed by atoms with Crippen LogP contribution in [-0.4, -0.2) is 40.8 Å². The molecule has 6 heteroatoms. The number of carbonyl (C=O) groups excluding carboxylic acids is 1. The Labute approximate surface area is 170 Å². The molecule has 152 valence electrons. The molecular weight excluding hydrogens is 371 g/mol. The molecular formula is C23H25FN2O3. The van der Waals surface area contributed by atoms with Crippen LogP contribution in [0.15, 0.2) is 40.9 Å². The molecule has 1 heterocycles. The Bertz CT molecular complexity index is 925. The molecule has 0 aliphatic carbocycles. The molecule has 2 unspecified atom stereocenters. The van der Waals surface area contributed by atoms with E-state index in [0.717, 1.165) is 16.7 Å². The average molecular weight is 396 g/mol. The number of hydrogen-bond acceptors (Lipinski definition) is 4. The predicted octanol–water partition coefficient (Wildman–Crippen LogP) is 2.61. The average Bonchev–Trinajstić information content (AvgIpc) is 3.22. The maximum atomic E-state index is 13.9. The van der Waals surface area contributed by atoms with Gasteiger partial charge in [-0.1, -0.05) is 24.0 Å². The minimum absolute atomic E-state index is 0.147. The maximum Gasteiger partial charge on any atom is 0.252 e. The molecule has 0 saturated heterocycles. The van der Waals surface area contributed by atoms with Crippen molar-refractivity contribution in [1.82, 2.24) is 5.48 Å². The van der Waals surface area contributed by atoms with E-state index < -0.39 is 23.1 Å². The first-order chi connectivity index (χ1) is 13.7. The van der Waals surface area contributed by atoms with Gasteiger partial charge in [0.25, 0.3) is 5.91 Å². The highest BCUT2D eigenvalue weighted by atomic mass is 19.1. The van der Waals surface area contributed by atoms with Gasteiger partial charge in [-0.25, -0.2) is 9.87 Å². The molecule has 0 aromatic heterocycles. The molecule has 5 nitrogen and oxygen atoms in total. The standard InChI is InChI=1S/C23H25FN2O3/c1-17(24)23(3,28)22(2,21(27)26-29)14-12-19-10-8-18(9-11-19)6-4-5-7-20-13-15-25-16-20/h8-11,13,16-17,28-29H,12,14-15H2,1-3H3,(H,26,27)/t17?,22?,23-/m1/s1. The van der Waals surface area contributed by atoms with Gasteiger partial charge in [-0.3, -0.25) is 15.0 Å². The van der Waals surface area contributed by atoms with Gasteiger partial charge in [0.2, 0.25) is 0 Å². The number of allylic oxidation sites excluding steroid dienone is 1. The summed E-state index contributed by atoms with van der Waals surface area (Å²) in [6, 6.07) is 7.38. The minimum atomic E-state index is -1.94. The summed E-state index contributed by atoms with van der Waals surface area (Å²) in [5, 5.41) is 19.6. The summed E-state index contributed by atoms with van der Waals surface area (Å²) in [5.41, 5.74) is 0.649. The second-order valence-electron chi connectivity index (χ2n) is 7.39. The summed E-state index contributed by atoms with van der Waals surface area (Å²) in [4.78, 5) is 16.2. The predicted molar refractivity (Wildman–Crippen MR) is 110 cm³/mol. The molecule has 0 bridgehead atoms. The number of aryl methyl sites for hydroxylation is 1. The van der Waals surface area contributed by atoms with E-state index in [1.54, 1.807) is 11.7 Å². The number of benzene rings is 1. The van der Waals surface area contributed by atoms with Crippen LogP contribution < -0.4 is 5.48 Å². The number of hydrogen-bond donors (Lipinski definition) is 3. The normalized spacial score (nSPS) is 17.5. The quantitative estimate of drug-likeness (QED) is 0.393. The molecule has 1 amide bonds. The SMILES string of the molecule is CC(F)[C@@](C)(O)C(C)(CCc1ccc(C#CC#CC2=CCN=C2)cc1)C(=O)NO. The van der Waals surface area contributed by atoms with E-state index in [0.29, 0.717) is 13.0 Å². The van der Waals surface area contributed by atoms with Crippen LogP contribution in [0.1, 0.15) is 38.3 Å². The van der Waals surface area contributed by atoms with Gasteiger partial charge >= 0.3 is 0 Å². The summed E-state index contributed by atoms with van der Waals surface area (Å²) >= 11 is 0. The van der Waals surface area contributed by atoms with Crippen LogP contribution in [0, 0.1) is 29.1 Å². The fourth-order valence-corrected chi connectivity index (χ4v) is 2.95. The first kappa shape index (κ1) is 22.4. The Hall–Kier alpha value is -2.93. The maximum absolute atomic E-state index is 13.9. The van der Waals surface area contributed by atoms with E-state index in [1.165, 1.54) is 20.8 Å². The lowest BCUT2D eigenvalue weighted by molar-refractivity contribution is -0.165. The molecule has 29 heavy (non-hydrogen) atoms. The Morgan fingerprint density at radius 1 is 1.28 bits per heavy atom. The second kappa shape index (κ2) is 9.52. The largest absolute Gasteiger partial charge is 0.386 e. The second-order valence-corrected chi connectivity index (χ2v) is 7.39. The topological polar surface area (TPSA) is 81.9 Å². The van der Waals surface area contributed by atoms with E-state index in [2.05, 4.69) is 28.7 Å². The van der Waals surface area contributed by atoms with Crippen molar-refractivity contribution in [1.29, 1.82) is 0 Å². The number of nitrogens with one attached hydrogen (secondary N) is 1. The van der Waals surface area contributed by atoms with Crippen molar-refractivity contribution in [2.45, 2.75) is 45.4 Å².